The summed E-state index contributed by atoms with van der Waals surface area (Å²) in [4.78, 5) is 0.966. The van der Waals surface area contributed by atoms with Crippen LogP contribution in [0, 0.1) is 0 Å². The van der Waals surface area contributed by atoms with Gasteiger partial charge in [-0.1, -0.05) is 90.6 Å². The number of aromatic nitrogens is 1. The molecule has 186 valence electrons. The lowest BCUT2D eigenvalue weighted by Crippen LogP contribution is -2.66. The highest BCUT2D eigenvalue weighted by atomic mass is 16.5. The summed E-state index contributed by atoms with van der Waals surface area (Å²) in [5.74, 6) is -0.845. The molecule has 7 aromatic rings. The predicted octanol–water partition coefficient (Wildman–Crippen LogP) is 4.33. The van der Waals surface area contributed by atoms with Gasteiger partial charge in [0, 0.05) is 50.6 Å². The van der Waals surface area contributed by atoms with Crippen molar-refractivity contribution in [1.29, 1.82) is 0 Å². The monoisotopic (exact) mass is 538 g/mol. The Bertz CT molecular complexity index is 3390. The summed E-state index contributed by atoms with van der Waals surface area (Å²) in [6, 6.07) is -13.8. The predicted molar refractivity (Wildman–Crippen MR) is 171 cm³/mol. The van der Waals surface area contributed by atoms with Gasteiger partial charge in [-0.3, -0.25) is 0 Å². The molecule has 0 saturated heterocycles. The average molecular weight is 538 g/mol. The van der Waals surface area contributed by atoms with Gasteiger partial charge in [-0.25, -0.2) is 0 Å². The first-order valence-electron chi connectivity index (χ1n) is 22.7. The third-order valence-electron chi connectivity index (χ3n) is 8.39. The number of benzene rings is 6. The molecule has 4 aliphatic heterocycles. The van der Waals surface area contributed by atoms with Crippen LogP contribution in [-0.2, 0) is 0 Å². The van der Waals surface area contributed by atoms with E-state index in [0.717, 1.165) is 4.90 Å². The summed E-state index contributed by atoms with van der Waals surface area (Å²) in [6.07, 6.45) is 0. The van der Waals surface area contributed by atoms with Crippen LogP contribution in [0.15, 0.2) is 121 Å². The molecule has 0 unspecified atom stereocenters. The van der Waals surface area contributed by atoms with Crippen LogP contribution in [0.4, 0.5) is 17.1 Å². The summed E-state index contributed by atoms with van der Waals surface area (Å²) in [5, 5.41) is -0.210. The zero-order valence-electron chi connectivity index (χ0n) is 40.5. The van der Waals surface area contributed by atoms with Gasteiger partial charge in [-0.2, -0.15) is 0 Å². The lowest BCUT2D eigenvalue weighted by molar-refractivity contribution is 0.487. The molecule has 0 saturated carbocycles. The second kappa shape index (κ2) is 6.94. The van der Waals surface area contributed by atoms with Gasteiger partial charge in [0.2, 0.25) is 0 Å². The normalized spacial score (nSPS) is 21.2. The molecular formula is C36H20B2N2O. The van der Waals surface area contributed by atoms with Crippen molar-refractivity contribution in [1.82, 2.24) is 4.57 Å². The van der Waals surface area contributed by atoms with Crippen molar-refractivity contribution in [3.8, 4) is 17.2 Å². The minimum absolute atomic E-state index is 0.00664. The number of rotatable bonds is 1. The Morgan fingerprint density at radius 2 is 1.17 bits per heavy atom. The third-order valence-corrected chi connectivity index (χ3v) is 8.39. The number of hydrogen-bond donors (Lipinski definition) is 0. The fraction of sp³-hybridized carbons (Fsp3) is 0. The number of hydrogen-bond acceptors (Lipinski definition) is 2. The average Bonchev–Trinajstić information content (AvgIpc) is 3.59. The van der Waals surface area contributed by atoms with Gasteiger partial charge in [0.05, 0.1) is 27.4 Å². The first-order chi connectivity index (χ1) is 28.7. The molecule has 0 fully saturated rings. The molecule has 0 N–H and O–H groups in total. The van der Waals surface area contributed by atoms with E-state index in [1.165, 1.54) is 4.57 Å². The maximum absolute atomic E-state index is 10.0. The van der Waals surface area contributed by atoms with Crippen molar-refractivity contribution in [3.05, 3.63) is 121 Å². The standard InChI is InChI=1S/C36H20B2N2O/c1-2-10-21(11-3-1)39-28-18-6-4-14-24(28)37-26-16-8-12-22-23-13-9-17-27-35(23)40(34(22)26)36-32(37)29(39)20-31-33(36)38(27)25-15-5-7-19-30(25)41-31/h1-20H/i1D,2D,3D,4D,5D,6D,7D,8D,9D,10D,11D,12D,13D,14D,15D,16D,17D,18D,19D,20D. The van der Waals surface area contributed by atoms with Crippen molar-refractivity contribution in [2.75, 3.05) is 4.90 Å². The van der Waals surface area contributed by atoms with Crippen LogP contribution in [-0.4, -0.2) is 18.0 Å². The quantitative estimate of drug-likeness (QED) is 0.290. The molecule has 11 rings (SSSR count). The molecule has 5 heteroatoms. The van der Waals surface area contributed by atoms with Crippen LogP contribution in [0.2, 0.25) is 0 Å². The Morgan fingerprint density at radius 3 is 1.95 bits per heavy atom. The summed E-state index contributed by atoms with van der Waals surface area (Å²) < 4.78 is 189. The van der Waals surface area contributed by atoms with Crippen LogP contribution >= 0.6 is 0 Å². The molecule has 0 radical (unpaired) electrons. The van der Waals surface area contributed by atoms with Gasteiger partial charge in [-0.15, -0.1) is 0 Å². The van der Waals surface area contributed by atoms with E-state index >= 15 is 0 Å². The van der Waals surface area contributed by atoms with Gasteiger partial charge >= 0.3 is 0 Å². The summed E-state index contributed by atoms with van der Waals surface area (Å²) >= 11 is 0. The third kappa shape index (κ3) is 2.27. The number of anilines is 3. The molecule has 6 aromatic carbocycles. The largest absolute Gasteiger partial charge is 0.458 e. The highest BCUT2D eigenvalue weighted by Gasteiger charge is 2.49. The minimum Gasteiger partial charge on any atom is -0.458 e. The lowest BCUT2D eigenvalue weighted by atomic mass is 9.30. The van der Waals surface area contributed by atoms with Crippen LogP contribution in [0.1, 0.15) is 27.4 Å². The maximum atomic E-state index is 10.0. The lowest BCUT2D eigenvalue weighted by Gasteiger charge is -2.44. The molecule has 41 heavy (non-hydrogen) atoms. The smallest absolute Gasteiger partial charge is 0.256 e. The molecule has 5 heterocycles. The first-order valence-corrected chi connectivity index (χ1v) is 12.7. The minimum atomic E-state index is -1.53. The highest BCUT2D eigenvalue weighted by molar-refractivity contribution is 7.04. The topological polar surface area (TPSA) is 17.4 Å². The van der Waals surface area contributed by atoms with E-state index in [-0.39, 0.29) is 66.0 Å². The number of ether oxygens (including phenoxy) is 1. The molecule has 4 aliphatic rings. The zero-order chi connectivity index (χ0) is 43.8. The molecular weight excluding hydrogens is 498 g/mol. The molecule has 0 bridgehead atoms. The second-order valence-corrected chi connectivity index (χ2v) is 10.1. The number of nitrogens with zero attached hydrogens (tertiary/aromatic N) is 2. The Balaban J connectivity index is 1.50. The summed E-state index contributed by atoms with van der Waals surface area (Å²) in [5.41, 5.74) is -2.03. The van der Waals surface area contributed by atoms with Gasteiger partial charge in [0.1, 0.15) is 11.5 Å². The van der Waals surface area contributed by atoms with Crippen LogP contribution in [0.25, 0.3) is 27.5 Å². The maximum Gasteiger partial charge on any atom is 0.256 e. The van der Waals surface area contributed by atoms with Crippen molar-refractivity contribution in [2.45, 2.75) is 0 Å². The molecule has 1 aromatic heterocycles. The van der Waals surface area contributed by atoms with Crippen molar-refractivity contribution in [2.24, 2.45) is 0 Å². The van der Waals surface area contributed by atoms with Crippen LogP contribution in [0.5, 0.6) is 11.5 Å². The van der Waals surface area contributed by atoms with Crippen LogP contribution < -0.4 is 42.4 Å². The molecule has 3 nitrogen and oxygen atoms in total. The van der Waals surface area contributed by atoms with E-state index < -0.39 is 157 Å². The fourth-order valence-electron chi connectivity index (χ4n) is 7.01. The zero-order valence-corrected chi connectivity index (χ0v) is 20.5. The van der Waals surface area contributed by atoms with Crippen molar-refractivity contribution < 1.29 is 32.2 Å². The number of fused-ring (bicyclic) bond motifs is 7. The highest BCUT2D eigenvalue weighted by Crippen LogP contribution is 2.44. The van der Waals surface area contributed by atoms with E-state index in [1.54, 1.807) is 0 Å². The van der Waals surface area contributed by atoms with Gasteiger partial charge < -0.3 is 14.2 Å². The van der Waals surface area contributed by atoms with E-state index in [0.29, 0.717) is 0 Å². The van der Waals surface area contributed by atoms with Crippen molar-refractivity contribution >= 4 is 85.1 Å². The molecule has 0 aliphatic carbocycles. The Hall–Kier alpha value is -5.15. The van der Waals surface area contributed by atoms with Gasteiger partial charge in [0.25, 0.3) is 13.4 Å². The van der Waals surface area contributed by atoms with E-state index in [4.69, 9.17) is 21.2 Å². The molecule has 0 spiro atoms. The van der Waals surface area contributed by atoms with E-state index in [9.17, 15) is 11.0 Å². The SMILES string of the molecule is [2H]c1c([2H])c([2H])c(N2c3c([2H])c([2H])c([2H])c([2H])c3B3c4c2c([2H])c2c5c4-n4c6c(c([2H])c([2H])c([2H])c6c6c([2H])c([2H])c([2H])c3c64)B5c3c([2H])c([2H])c([2H])c([2H])c3O2)c([2H])c1[2H]. The number of para-hydroxylation sites is 5. The summed E-state index contributed by atoms with van der Waals surface area (Å²) in [6.45, 7) is -2.97. The first kappa shape index (κ1) is 10.0. The van der Waals surface area contributed by atoms with E-state index in [1.807, 2.05) is 0 Å². The van der Waals surface area contributed by atoms with Crippen molar-refractivity contribution in [3.63, 3.8) is 0 Å². The fourth-order valence-corrected chi connectivity index (χ4v) is 7.01. The molecule has 0 atom stereocenters. The van der Waals surface area contributed by atoms with Gasteiger partial charge in [0.15, 0.2) is 0 Å². The van der Waals surface area contributed by atoms with E-state index in [2.05, 4.69) is 0 Å². The Morgan fingerprint density at radius 1 is 0.537 bits per heavy atom. The Kier molecular flexibility index (Phi) is 1.70. The Labute approximate surface area is 265 Å². The second-order valence-electron chi connectivity index (χ2n) is 10.1. The summed E-state index contributed by atoms with van der Waals surface area (Å²) in [7, 11) is 0. The molecule has 0 amide bonds. The van der Waals surface area contributed by atoms with Crippen LogP contribution in [0.3, 0.4) is 0 Å². The van der Waals surface area contributed by atoms with Gasteiger partial charge in [-0.05, 0) is 56.9 Å².